The van der Waals surface area contributed by atoms with Crippen molar-refractivity contribution in [2.24, 2.45) is 4.99 Å². The lowest BCUT2D eigenvalue weighted by atomic mass is 10.2. The molecule has 0 fully saturated rings. The zero-order valence-corrected chi connectivity index (χ0v) is 11.0. The Balaban J connectivity index is 3.11. The van der Waals surface area contributed by atoms with Crippen LogP contribution in [0.2, 0.25) is 0 Å². The Morgan fingerprint density at radius 3 is 2.35 bits per heavy atom. The van der Waals surface area contributed by atoms with Gasteiger partial charge in [-0.25, -0.2) is 13.4 Å². The highest BCUT2D eigenvalue weighted by molar-refractivity contribution is 7.89. The van der Waals surface area contributed by atoms with E-state index in [1.807, 2.05) is 6.92 Å². The first kappa shape index (κ1) is 13.4. The van der Waals surface area contributed by atoms with Gasteiger partial charge in [0.25, 0.3) is 10.0 Å². The van der Waals surface area contributed by atoms with Gasteiger partial charge in [0.2, 0.25) is 0 Å². The Morgan fingerprint density at radius 2 is 1.88 bits per heavy atom. The van der Waals surface area contributed by atoms with Gasteiger partial charge >= 0.3 is 0 Å². The quantitative estimate of drug-likeness (QED) is 0.771. The molecule has 0 saturated carbocycles. The number of aryl methyl sites for hydroxylation is 1. The largest absolute Gasteiger partial charge is 0.265 e. The van der Waals surface area contributed by atoms with Gasteiger partial charge in [-0.15, -0.1) is 0 Å². The molecule has 0 unspecified atom stereocenters. The first-order chi connectivity index (χ1) is 7.89. The smallest absolute Gasteiger partial charge is 0.253 e. The minimum absolute atomic E-state index is 0.188. The van der Waals surface area contributed by atoms with E-state index < -0.39 is 10.0 Å². The summed E-state index contributed by atoms with van der Waals surface area (Å²) in [5, 5.41) is 0. The molecule has 92 valence electrons. The second kappa shape index (κ2) is 5.14. The Bertz CT molecular complexity index is 530. The molecule has 1 aromatic rings. The van der Waals surface area contributed by atoms with Gasteiger partial charge in [-0.05, 0) is 26.0 Å². The predicted octanol–water partition coefficient (Wildman–Crippen LogP) is 2.18. The van der Waals surface area contributed by atoms with Crippen molar-refractivity contribution in [2.45, 2.75) is 18.7 Å². The Morgan fingerprint density at radius 1 is 1.35 bits per heavy atom. The highest BCUT2D eigenvalue weighted by Gasteiger charge is 2.21. The van der Waals surface area contributed by atoms with Gasteiger partial charge < -0.3 is 0 Å². The number of aliphatic imine (C=N–C) groups is 1. The molecular weight excluding hydrogens is 236 g/mol. The molecule has 0 radical (unpaired) electrons. The lowest BCUT2D eigenvalue weighted by molar-refractivity contribution is 0.522. The molecule has 4 nitrogen and oxygen atoms in total. The van der Waals surface area contributed by atoms with Crippen LogP contribution in [0, 0.1) is 6.92 Å². The summed E-state index contributed by atoms with van der Waals surface area (Å²) in [7, 11) is -2.12. The minimum atomic E-state index is -3.56. The van der Waals surface area contributed by atoms with E-state index in [1.54, 1.807) is 31.2 Å². The number of nitrogens with zero attached hydrogens (tertiary/aromatic N) is 2. The third-order valence-corrected chi connectivity index (χ3v) is 4.12. The van der Waals surface area contributed by atoms with E-state index in [1.165, 1.54) is 13.3 Å². The molecule has 0 spiro atoms. The van der Waals surface area contributed by atoms with E-state index in [9.17, 15) is 8.42 Å². The SMILES string of the molecule is C=C(N=CC)N(C)S(=O)(=O)c1ccc(C)cc1. The molecule has 1 rings (SSSR count). The first-order valence-electron chi connectivity index (χ1n) is 5.12. The molecule has 0 aliphatic rings. The molecule has 0 aliphatic heterocycles. The van der Waals surface area contributed by atoms with Crippen molar-refractivity contribution in [2.75, 3.05) is 7.05 Å². The highest BCUT2D eigenvalue weighted by Crippen LogP contribution is 2.18. The molecule has 0 aliphatic carbocycles. The average molecular weight is 252 g/mol. The van der Waals surface area contributed by atoms with Crippen molar-refractivity contribution >= 4 is 16.2 Å². The van der Waals surface area contributed by atoms with Crippen LogP contribution in [0.1, 0.15) is 12.5 Å². The Labute approximate surface area is 102 Å². The van der Waals surface area contributed by atoms with Crippen molar-refractivity contribution in [1.29, 1.82) is 0 Å². The molecule has 17 heavy (non-hydrogen) atoms. The lowest BCUT2D eigenvalue weighted by Gasteiger charge is -2.18. The number of sulfonamides is 1. The summed E-state index contributed by atoms with van der Waals surface area (Å²) in [5.41, 5.74) is 1.01. The maximum Gasteiger partial charge on any atom is 0.265 e. The van der Waals surface area contributed by atoms with Gasteiger partial charge in [-0.3, -0.25) is 4.31 Å². The third kappa shape index (κ3) is 2.94. The molecule has 0 bridgehead atoms. The maximum absolute atomic E-state index is 12.2. The molecule has 5 heteroatoms. The normalized spacial score (nSPS) is 11.7. The van der Waals surface area contributed by atoms with Crippen LogP contribution in [0.15, 0.2) is 46.6 Å². The van der Waals surface area contributed by atoms with Gasteiger partial charge in [0.05, 0.1) is 4.90 Å². The van der Waals surface area contributed by atoms with Crippen LogP contribution >= 0.6 is 0 Å². The van der Waals surface area contributed by atoms with Crippen LogP contribution in [-0.2, 0) is 10.0 Å². The van der Waals surface area contributed by atoms with Gasteiger partial charge in [0.15, 0.2) is 0 Å². The van der Waals surface area contributed by atoms with Crippen LogP contribution in [0.5, 0.6) is 0 Å². The Hall–Kier alpha value is -1.62. The molecular formula is C12H16N2O2S. The summed E-state index contributed by atoms with van der Waals surface area (Å²) in [6, 6.07) is 6.66. The topological polar surface area (TPSA) is 49.7 Å². The van der Waals surface area contributed by atoms with Crippen molar-refractivity contribution in [3.05, 3.63) is 42.2 Å². The van der Waals surface area contributed by atoms with Crippen molar-refractivity contribution < 1.29 is 8.42 Å². The standard InChI is InChI=1S/C12H16N2O2S/c1-5-13-11(3)14(4)17(15,16)12-8-6-10(2)7-9-12/h5-9H,3H2,1-2,4H3. The summed E-state index contributed by atoms with van der Waals surface area (Å²) >= 11 is 0. The van der Waals surface area contributed by atoms with Crippen molar-refractivity contribution in [3.63, 3.8) is 0 Å². The van der Waals surface area contributed by atoms with Gasteiger partial charge in [-0.2, -0.15) is 0 Å². The summed E-state index contributed by atoms with van der Waals surface area (Å²) in [5.74, 6) is 0.188. The Kier molecular flexibility index (Phi) is 4.07. The number of rotatable bonds is 4. The lowest BCUT2D eigenvalue weighted by Crippen LogP contribution is -2.25. The van der Waals surface area contributed by atoms with E-state index in [-0.39, 0.29) is 10.7 Å². The van der Waals surface area contributed by atoms with Crippen LogP contribution in [-0.4, -0.2) is 26.0 Å². The molecule has 0 saturated heterocycles. The fraction of sp³-hybridized carbons (Fsp3) is 0.250. The zero-order chi connectivity index (χ0) is 13.1. The van der Waals surface area contributed by atoms with Gasteiger partial charge in [-0.1, -0.05) is 24.3 Å². The maximum atomic E-state index is 12.2. The molecule has 1 aromatic carbocycles. The van der Waals surface area contributed by atoms with Crippen LogP contribution in [0.3, 0.4) is 0 Å². The summed E-state index contributed by atoms with van der Waals surface area (Å²) in [6.45, 7) is 7.21. The molecule has 0 atom stereocenters. The van der Waals surface area contributed by atoms with Crippen LogP contribution in [0.4, 0.5) is 0 Å². The highest BCUT2D eigenvalue weighted by atomic mass is 32.2. The predicted molar refractivity (Wildman–Crippen MR) is 69.4 cm³/mol. The van der Waals surface area contributed by atoms with E-state index >= 15 is 0 Å². The van der Waals surface area contributed by atoms with E-state index in [0.29, 0.717) is 0 Å². The van der Waals surface area contributed by atoms with Crippen molar-refractivity contribution in [3.8, 4) is 0 Å². The van der Waals surface area contributed by atoms with Crippen LogP contribution in [0.25, 0.3) is 0 Å². The summed E-state index contributed by atoms with van der Waals surface area (Å²) in [4.78, 5) is 4.10. The number of hydrogen-bond donors (Lipinski definition) is 0. The zero-order valence-electron chi connectivity index (χ0n) is 10.2. The fourth-order valence-electron chi connectivity index (χ4n) is 1.24. The van der Waals surface area contributed by atoms with E-state index in [4.69, 9.17) is 0 Å². The first-order valence-corrected chi connectivity index (χ1v) is 6.56. The number of hydrogen-bond acceptors (Lipinski definition) is 3. The molecule has 0 N–H and O–H groups in total. The molecule has 0 amide bonds. The fourth-order valence-corrected chi connectivity index (χ4v) is 2.36. The third-order valence-electron chi connectivity index (χ3n) is 2.32. The summed E-state index contributed by atoms with van der Waals surface area (Å²) in [6.07, 6.45) is 1.50. The number of benzene rings is 1. The second-order valence-corrected chi connectivity index (χ2v) is 5.56. The monoisotopic (exact) mass is 252 g/mol. The average Bonchev–Trinajstić information content (AvgIpc) is 2.29. The van der Waals surface area contributed by atoms with Gasteiger partial charge in [0.1, 0.15) is 5.82 Å². The van der Waals surface area contributed by atoms with E-state index in [0.717, 1.165) is 9.87 Å². The van der Waals surface area contributed by atoms with Gasteiger partial charge in [0, 0.05) is 13.3 Å². The minimum Gasteiger partial charge on any atom is -0.253 e. The van der Waals surface area contributed by atoms with Crippen LogP contribution < -0.4 is 0 Å². The summed E-state index contributed by atoms with van der Waals surface area (Å²) < 4.78 is 25.4. The van der Waals surface area contributed by atoms with E-state index in [2.05, 4.69) is 11.6 Å². The second-order valence-electron chi connectivity index (χ2n) is 3.59. The molecule has 0 heterocycles. The van der Waals surface area contributed by atoms with Crippen molar-refractivity contribution in [1.82, 2.24) is 4.31 Å². The molecule has 0 aromatic heterocycles.